The summed E-state index contributed by atoms with van der Waals surface area (Å²) in [5.41, 5.74) is 1.71. The van der Waals surface area contributed by atoms with Crippen LogP contribution in [-0.4, -0.2) is 19.1 Å². The van der Waals surface area contributed by atoms with E-state index in [1.165, 1.54) is 0 Å². The summed E-state index contributed by atoms with van der Waals surface area (Å²) in [4.78, 5) is 11.6. The second kappa shape index (κ2) is 5.29. The van der Waals surface area contributed by atoms with E-state index in [-0.39, 0.29) is 18.1 Å². The van der Waals surface area contributed by atoms with Crippen LogP contribution >= 0.6 is 0 Å². The molecule has 4 heteroatoms. The van der Waals surface area contributed by atoms with E-state index in [1.54, 1.807) is 0 Å². The number of nitrogens with one attached hydrogen (secondary N) is 1. The van der Waals surface area contributed by atoms with Gasteiger partial charge in [-0.2, -0.15) is 0 Å². The Balaban J connectivity index is 2.08. The number of rotatable bonds is 3. The molecule has 1 N–H and O–H groups in total. The maximum atomic E-state index is 11.6. The molecule has 0 saturated carbocycles. The standard InChI is InChI=1S/C13H17NO3/c1-9(2)12(15)14-11-5-3-4-10(8-11)13-16-6-7-17-13/h3-5,8-9,13H,6-7H2,1-2H3,(H,14,15). The largest absolute Gasteiger partial charge is 0.346 e. The zero-order valence-electron chi connectivity index (χ0n) is 10.1. The molecule has 2 rings (SSSR count). The Morgan fingerprint density at radius 3 is 2.71 bits per heavy atom. The number of amides is 1. The molecule has 1 heterocycles. The Bertz CT molecular complexity index is 397. The van der Waals surface area contributed by atoms with E-state index in [9.17, 15) is 4.79 Å². The Kier molecular flexibility index (Phi) is 3.76. The van der Waals surface area contributed by atoms with Gasteiger partial charge in [-0.05, 0) is 12.1 Å². The van der Waals surface area contributed by atoms with Crippen LogP contribution in [0.1, 0.15) is 25.7 Å². The molecule has 0 aromatic heterocycles. The van der Waals surface area contributed by atoms with Crippen LogP contribution in [0.5, 0.6) is 0 Å². The minimum absolute atomic E-state index is 0.00964. The van der Waals surface area contributed by atoms with Crippen molar-refractivity contribution in [3.8, 4) is 0 Å². The van der Waals surface area contributed by atoms with E-state index in [0.717, 1.165) is 11.3 Å². The normalized spacial score (nSPS) is 16.4. The number of benzene rings is 1. The zero-order valence-corrected chi connectivity index (χ0v) is 10.1. The molecular weight excluding hydrogens is 218 g/mol. The first-order valence-electron chi connectivity index (χ1n) is 5.81. The zero-order chi connectivity index (χ0) is 12.3. The van der Waals surface area contributed by atoms with Crippen LogP contribution in [0, 0.1) is 5.92 Å². The smallest absolute Gasteiger partial charge is 0.226 e. The second-order valence-electron chi connectivity index (χ2n) is 4.34. The first-order valence-corrected chi connectivity index (χ1v) is 5.81. The predicted octanol–water partition coefficient (Wildman–Crippen LogP) is 2.33. The van der Waals surface area contributed by atoms with E-state index < -0.39 is 0 Å². The monoisotopic (exact) mass is 235 g/mol. The van der Waals surface area contributed by atoms with Crippen LogP contribution in [0.3, 0.4) is 0 Å². The average Bonchev–Trinajstić information content (AvgIpc) is 2.82. The number of ether oxygens (including phenoxy) is 2. The summed E-state index contributed by atoms with van der Waals surface area (Å²) in [6.45, 7) is 4.96. The van der Waals surface area contributed by atoms with Gasteiger partial charge < -0.3 is 14.8 Å². The molecule has 4 nitrogen and oxygen atoms in total. The Morgan fingerprint density at radius 2 is 2.06 bits per heavy atom. The van der Waals surface area contributed by atoms with Gasteiger partial charge in [0.25, 0.3) is 0 Å². The predicted molar refractivity (Wildman–Crippen MR) is 64.6 cm³/mol. The van der Waals surface area contributed by atoms with Crippen molar-refractivity contribution in [3.63, 3.8) is 0 Å². The van der Waals surface area contributed by atoms with Crippen LogP contribution in [0.4, 0.5) is 5.69 Å². The van der Waals surface area contributed by atoms with Crippen molar-refractivity contribution < 1.29 is 14.3 Å². The maximum absolute atomic E-state index is 11.6. The van der Waals surface area contributed by atoms with Gasteiger partial charge in [-0.1, -0.05) is 26.0 Å². The van der Waals surface area contributed by atoms with Gasteiger partial charge >= 0.3 is 0 Å². The number of anilines is 1. The number of carbonyl (C=O) groups excluding carboxylic acids is 1. The lowest BCUT2D eigenvalue weighted by Gasteiger charge is -2.12. The van der Waals surface area contributed by atoms with E-state index in [2.05, 4.69) is 5.32 Å². The molecule has 0 unspecified atom stereocenters. The summed E-state index contributed by atoms with van der Waals surface area (Å²) in [6.07, 6.45) is -0.300. The highest BCUT2D eigenvalue weighted by molar-refractivity contribution is 5.92. The maximum Gasteiger partial charge on any atom is 0.226 e. The van der Waals surface area contributed by atoms with Crippen molar-refractivity contribution in [1.82, 2.24) is 0 Å². The average molecular weight is 235 g/mol. The van der Waals surface area contributed by atoms with Crippen LogP contribution < -0.4 is 5.32 Å². The molecule has 0 radical (unpaired) electrons. The molecule has 1 aromatic carbocycles. The fraction of sp³-hybridized carbons (Fsp3) is 0.462. The van der Waals surface area contributed by atoms with Crippen LogP contribution in [0.25, 0.3) is 0 Å². The third kappa shape index (κ3) is 3.05. The molecule has 92 valence electrons. The van der Waals surface area contributed by atoms with Gasteiger partial charge in [-0.3, -0.25) is 4.79 Å². The Labute approximate surface area is 101 Å². The molecule has 0 bridgehead atoms. The Morgan fingerprint density at radius 1 is 1.35 bits per heavy atom. The van der Waals surface area contributed by atoms with Crippen molar-refractivity contribution in [2.45, 2.75) is 20.1 Å². The van der Waals surface area contributed by atoms with Crippen LogP contribution in [-0.2, 0) is 14.3 Å². The van der Waals surface area contributed by atoms with Gasteiger partial charge in [0.05, 0.1) is 13.2 Å². The third-order valence-corrected chi connectivity index (χ3v) is 2.57. The molecule has 17 heavy (non-hydrogen) atoms. The molecule has 0 spiro atoms. The third-order valence-electron chi connectivity index (χ3n) is 2.57. The van der Waals surface area contributed by atoms with E-state index in [1.807, 2.05) is 38.1 Å². The van der Waals surface area contributed by atoms with Crippen molar-refractivity contribution in [3.05, 3.63) is 29.8 Å². The van der Waals surface area contributed by atoms with E-state index >= 15 is 0 Å². The van der Waals surface area contributed by atoms with Crippen molar-refractivity contribution in [2.24, 2.45) is 5.92 Å². The van der Waals surface area contributed by atoms with E-state index in [0.29, 0.717) is 13.2 Å². The molecular formula is C13H17NO3. The molecule has 1 aliphatic rings. The number of carbonyl (C=O) groups is 1. The summed E-state index contributed by atoms with van der Waals surface area (Å²) in [7, 11) is 0. The van der Waals surface area contributed by atoms with E-state index in [4.69, 9.17) is 9.47 Å². The van der Waals surface area contributed by atoms with Gasteiger partial charge in [0.2, 0.25) is 5.91 Å². The molecule has 1 aliphatic heterocycles. The summed E-state index contributed by atoms with van der Waals surface area (Å²) in [5.74, 6) is -0.0203. The lowest BCUT2D eigenvalue weighted by Crippen LogP contribution is -2.17. The lowest BCUT2D eigenvalue weighted by molar-refractivity contribution is -0.118. The van der Waals surface area contributed by atoms with Crippen molar-refractivity contribution in [1.29, 1.82) is 0 Å². The molecule has 1 saturated heterocycles. The highest BCUT2D eigenvalue weighted by Gasteiger charge is 2.18. The fourth-order valence-corrected chi connectivity index (χ4v) is 1.60. The first-order chi connectivity index (χ1) is 8.16. The van der Waals surface area contributed by atoms with Crippen LogP contribution in [0.2, 0.25) is 0 Å². The summed E-state index contributed by atoms with van der Waals surface area (Å²) in [6, 6.07) is 7.56. The van der Waals surface area contributed by atoms with Gasteiger partial charge in [-0.25, -0.2) is 0 Å². The summed E-state index contributed by atoms with van der Waals surface area (Å²) < 4.78 is 10.8. The molecule has 1 fully saturated rings. The minimum Gasteiger partial charge on any atom is -0.346 e. The van der Waals surface area contributed by atoms with Gasteiger partial charge in [0, 0.05) is 17.2 Å². The number of hydrogen-bond acceptors (Lipinski definition) is 3. The Hall–Kier alpha value is -1.39. The molecule has 0 atom stereocenters. The number of hydrogen-bond donors (Lipinski definition) is 1. The first kappa shape index (κ1) is 12.1. The van der Waals surface area contributed by atoms with Gasteiger partial charge in [0.1, 0.15) is 0 Å². The highest BCUT2D eigenvalue weighted by Crippen LogP contribution is 2.25. The van der Waals surface area contributed by atoms with Crippen LogP contribution in [0.15, 0.2) is 24.3 Å². The summed E-state index contributed by atoms with van der Waals surface area (Å²) >= 11 is 0. The van der Waals surface area contributed by atoms with Crippen molar-refractivity contribution in [2.75, 3.05) is 18.5 Å². The summed E-state index contributed by atoms with van der Waals surface area (Å²) in [5, 5.41) is 2.86. The molecule has 0 aliphatic carbocycles. The van der Waals surface area contributed by atoms with Crippen molar-refractivity contribution >= 4 is 11.6 Å². The quantitative estimate of drug-likeness (QED) is 0.874. The topological polar surface area (TPSA) is 47.6 Å². The SMILES string of the molecule is CC(C)C(=O)Nc1cccc(C2OCCO2)c1. The second-order valence-corrected chi connectivity index (χ2v) is 4.34. The lowest BCUT2D eigenvalue weighted by atomic mass is 10.1. The minimum atomic E-state index is -0.300. The van der Waals surface area contributed by atoms with Gasteiger partial charge in [0.15, 0.2) is 6.29 Å². The molecule has 1 aromatic rings. The highest BCUT2D eigenvalue weighted by atomic mass is 16.7. The molecule has 1 amide bonds. The van der Waals surface area contributed by atoms with Gasteiger partial charge in [-0.15, -0.1) is 0 Å². The fourth-order valence-electron chi connectivity index (χ4n) is 1.60.